The van der Waals surface area contributed by atoms with Crippen LogP contribution in [0.1, 0.15) is 31.2 Å². The second-order valence-corrected chi connectivity index (χ2v) is 9.38. The highest BCUT2D eigenvalue weighted by molar-refractivity contribution is 9.13. The Morgan fingerprint density at radius 1 is 1.22 bits per heavy atom. The monoisotopic (exact) mass is 625 g/mol. The van der Waals surface area contributed by atoms with Crippen molar-refractivity contribution in [2.24, 2.45) is 5.10 Å². The van der Waals surface area contributed by atoms with Crippen molar-refractivity contribution in [3.05, 3.63) is 72.1 Å². The zero-order valence-electron chi connectivity index (χ0n) is 17.7. The van der Waals surface area contributed by atoms with Crippen LogP contribution < -0.4 is 15.0 Å². The predicted molar refractivity (Wildman–Crippen MR) is 139 cm³/mol. The quantitative estimate of drug-likeness (QED) is 0.201. The minimum Gasteiger partial charge on any atom is -0.493 e. The molecule has 2 aromatic carbocycles. The van der Waals surface area contributed by atoms with Crippen LogP contribution >= 0.6 is 47.8 Å². The van der Waals surface area contributed by atoms with Gasteiger partial charge in [-0.1, -0.05) is 41.9 Å². The van der Waals surface area contributed by atoms with E-state index in [9.17, 15) is 4.79 Å². The van der Waals surface area contributed by atoms with Gasteiger partial charge in [-0.05, 0) is 62.5 Å². The average molecular weight is 628 g/mol. The molecular formula is C23H22Br3N3O3. The molecule has 0 atom stereocenters. The number of fused-ring (bicyclic) bond motifs is 1. The maximum absolute atomic E-state index is 13.2. The van der Waals surface area contributed by atoms with Gasteiger partial charge in [0, 0.05) is 20.9 Å². The smallest absolute Gasteiger partial charge is 0.282 e. The number of unbranched alkanes of at least 4 members (excludes halogenated alkanes) is 1. The molecule has 0 fully saturated rings. The van der Waals surface area contributed by atoms with Gasteiger partial charge in [0.25, 0.3) is 5.56 Å². The number of aromatic nitrogens is 2. The van der Waals surface area contributed by atoms with Crippen molar-refractivity contribution in [1.29, 1.82) is 0 Å². The fourth-order valence-corrected chi connectivity index (χ4v) is 4.35. The van der Waals surface area contributed by atoms with Gasteiger partial charge in [0.15, 0.2) is 11.5 Å². The molecule has 9 heteroatoms. The van der Waals surface area contributed by atoms with E-state index < -0.39 is 0 Å². The summed E-state index contributed by atoms with van der Waals surface area (Å²) < 4.78 is 14.8. The molecule has 0 N–H and O–H groups in total. The van der Waals surface area contributed by atoms with Gasteiger partial charge in [0.2, 0.25) is 0 Å². The summed E-state index contributed by atoms with van der Waals surface area (Å²) in [7, 11) is 1.57. The van der Waals surface area contributed by atoms with Gasteiger partial charge in [-0.2, -0.15) is 9.78 Å². The highest BCUT2D eigenvalue weighted by Crippen LogP contribution is 2.42. The minimum atomic E-state index is -0.216. The highest BCUT2D eigenvalue weighted by Gasteiger charge is 2.17. The van der Waals surface area contributed by atoms with Gasteiger partial charge >= 0.3 is 0 Å². The molecule has 0 spiro atoms. The van der Waals surface area contributed by atoms with Crippen LogP contribution in [0.4, 0.5) is 0 Å². The minimum absolute atomic E-state index is 0.216. The van der Waals surface area contributed by atoms with Gasteiger partial charge in [0.1, 0.15) is 12.4 Å². The molecule has 0 bridgehead atoms. The van der Waals surface area contributed by atoms with E-state index in [-0.39, 0.29) is 5.56 Å². The lowest BCUT2D eigenvalue weighted by molar-refractivity contribution is 0.324. The fraction of sp³-hybridized carbons (Fsp3) is 0.261. The summed E-state index contributed by atoms with van der Waals surface area (Å²) in [5, 5.41) is 5.02. The highest BCUT2D eigenvalue weighted by atomic mass is 79.9. The second kappa shape index (κ2) is 11.2. The summed E-state index contributed by atoms with van der Waals surface area (Å²) in [6.45, 7) is 6.11. The van der Waals surface area contributed by atoms with Crippen molar-refractivity contribution >= 4 is 64.9 Å². The first-order valence-electron chi connectivity index (χ1n) is 9.96. The van der Waals surface area contributed by atoms with Gasteiger partial charge < -0.3 is 9.47 Å². The average Bonchev–Trinajstić information content (AvgIpc) is 2.79. The number of hydrogen-bond donors (Lipinski definition) is 0. The normalized spacial score (nSPS) is 11.3. The van der Waals surface area contributed by atoms with Crippen molar-refractivity contribution < 1.29 is 9.47 Å². The van der Waals surface area contributed by atoms with Crippen LogP contribution in [0.2, 0.25) is 0 Å². The molecule has 1 heterocycles. The second-order valence-electron chi connectivity index (χ2n) is 6.88. The molecule has 0 saturated heterocycles. The molecule has 0 aliphatic heterocycles. The molecule has 0 radical (unpaired) electrons. The first-order chi connectivity index (χ1) is 15.4. The first-order valence-corrected chi connectivity index (χ1v) is 12.3. The molecule has 0 unspecified atom stereocenters. The molecule has 3 rings (SSSR count). The van der Waals surface area contributed by atoms with E-state index in [2.05, 4.69) is 66.4 Å². The van der Waals surface area contributed by atoms with E-state index in [1.165, 1.54) is 4.68 Å². The molecule has 3 aromatic rings. The van der Waals surface area contributed by atoms with Crippen LogP contribution in [0.15, 0.2) is 60.2 Å². The first kappa shape index (κ1) is 24.7. The van der Waals surface area contributed by atoms with Crippen LogP contribution in [-0.4, -0.2) is 29.6 Å². The van der Waals surface area contributed by atoms with Gasteiger partial charge in [-0.3, -0.25) is 4.79 Å². The van der Waals surface area contributed by atoms with Crippen LogP contribution in [0.25, 0.3) is 10.9 Å². The van der Waals surface area contributed by atoms with Gasteiger partial charge in [-0.15, -0.1) is 0 Å². The molecule has 32 heavy (non-hydrogen) atoms. The Balaban J connectivity index is 2.13. The summed E-state index contributed by atoms with van der Waals surface area (Å²) in [4.78, 5) is 17.9. The number of methoxy groups -OCH3 is 1. The summed E-state index contributed by atoms with van der Waals surface area (Å²) in [6, 6.07) is 7.27. The van der Waals surface area contributed by atoms with Crippen molar-refractivity contribution in [2.45, 2.75) is 26.2 Å². The number of hydrogen-bond acceptors (Lipinski definition) is 5. The zero-order valence-corrected chi connectivity index (χ0v) is 22.5. The molecule has 1 aromatic heterocycles. The molecule has 0 aliphatic rings. The lowest BCUT2D eigenvalue weighted by atomic mass is 10.2. The lowest BCUT2D eigenvalue weighted by Crippen LogP contribution is -2.22. The number of halogens is 3. The van der Waals surface area contributed by atoms with Crippen molar-refractivity contribution in [3.63, 3.8) is 0 Å². The van der Waals surface area contributed by atoms with Crippen molar-refractivity contribution in [1.82, 2.24) is 9.66 Å². The third-order valence-corrected chi connectivity index (χ3v) is 7.30. The van der Waals surface area contributed by atoms with Crippen LogP contribution in [0, 0.1) is 0 Å². The standard InChI is InChI=1S/C23H22Br3N3O3/c1-4-6-7-19-28-17-9-8-15(24)12-16(17)23(30)29(19)27-13-14-11-18(31-3)22(32-10-5-2)21(26)20(14)25/h5,8-9,11-13H,2,4,6-7,10H2,1,3H3. The largest absolute Gasteiger partial charge is 0.493 e. The number of nitrogens with zero attached hydrogens (tertiary/aromatic N) is 3. The van der Waals surface area contributed by atoms with E-state index in [1.54, 1.807) is 31.5 Å². The van der Waals surface area contributed by atoms with Crippen LogP contribution in [-0.2, 0) is 6.42 Å². The Morgan fingerprint density at radius 2 is 2.00 bits per heavy atom. The Hall–Kier alpha value is -1.97. The maximum Gasteiger partial charge on any atom is 0.282 e. The summed E-state index contributed by atoms with van der Waals surface area (Å²) in [5.41, 5.74) is 1.15. The van der Waals surface area contributed by atoms with Crippen LogP contribution in [0.5, 0.6) is 11.5 Å². The maximum atomic E-state index is 13.2. The Bertz CT molecular complexity index is 1240. The molecule has 0 aliphatic carbocycles. The molecule has 0 amide bonds. The Kier molecular flexibility index (Phi) is 8.67. The van der Waals surface area contributed by atoms with E-state index in [1.807, 2.05) is 12.1 Å². The Labute approximate surface area is 211 Å². The summed E-state index contributed by atoms with van der Waals surface area (Å²) in [6.07, 6.45) is 5.81. The van der Waals surface area contributed by atoms with Gasteiger partial charge in [0.05, 0.1) is 28.7 Å². The summed E-state index contributed by atoms with van der Waals surface area (Å²) >= 11 is 10.6. The number of aryl methyl sites for hydroxylation is 1. The SMILES string of the molecule is C=CCOc1c(OC)cc(C=Nn2c(CCCC)nc3ccc(Br)cc3c2=O)c(Br)c1Br. The third kappa shape index (κ3) is 5.32. The van der Waals surface area contributed by atoms with Crippen molar-refractivity contribution in [2.75, 3.05) is 13.7 Å². The third-order valence-electron chi connectivity index (χ3n) is 4.66. The molecule has 168 valence electrons. The zero-order chi connectivity index (χ0) is 23.3. The van der Waals surface area contributed by atoms with Crippen molar-refractivity contribution in [3.8, 4) is 11.5 Å². The predicted octanol–water partition coefficient (Wildman–Crippen LogP) is 6.48. The Morgan fingerprint density at radius 3 is 2.69 bits per heavy atom. The number of benzene rings is 2. The van der Waals surface area contributed by atoms with E-state index in [0.29, 0.717) is 51.3 Å². The number of ether oxygens (including phenoxy) is 2. The summed E-state index contributed by atoms with van der Waals surface area (Å²) in [5.74, 6) is 1.70. The fourth-order valence-electron chi connectivity index (χ4n) is 3.06. The lowest BCUT2D eigenvalue weighted by Gasteiger charge is -2.14. The van der Waals surface area contributed by atoms with Crippen LogP contribution in [0.3, 0.4) is 0 Å². The molecular weight excluding hydrogens is 606 g/mol. The topological polar surface area (TPSA) is 65.7 Å². The molecule has 0 saturated carbocycles. The van der Waals surface area contributed by atoms with Gasteiger partial charge in [-0.25, -0.2) is 4.98 Å². The van der Waals surface area contributed by atoms with E-state index >= 15 is 0 Å². The van der Waals surface area contributed by atoms with E-state index in [4.69, 9.17) is 14.5 Å². The number of rotatable bonds is 9. The van der Waals surface area contributed by atoms with E-state index in [0.717, 1.165) is 21.8 Å². The molecule has 6 nitrogen and oxygen atoms in total.